The topological polar surface area (TPSA) is 121 Å². The van der Waals surface area contributed by atoms with Gasteiger partial charge in [-0.05, 0) is 49.6 Å². The van der Waals surface area contributed by atoms with Crippen molar-refractivity contribution in [3.8, 4) is 11.3 Å². The van der Waals surface area contributed by atoms with E-state index < -0.39 is 21.5 Å². The standard InChI is InChI=1S/C22H24N4O4S/c1-5-17-19(18-13(2)8-6-9-14(18)3)24-22(25-21(17)28)26-31(29,30)16-11-7-10-15(12-16)20(27)23-4/h6-12H,5H2,1-4H3,(H,23,27)(H2,24,25,26,28). The summed E-state index contributed by atoms with van der Waals surface area (Å²) < 4.78 is 28.1. The minimum absolute atomic E-state index is 0.121. The van der Waals surface area contributed by atoms with Crippen LogP contribution < -0.4 is 15.6 Å². The Labute approximate surface area is 180 Å². The molecule has 1 aromatic heterocycles. The quantitative estimate of drug-likeness (QED) is 0.544. The van der Waals surface area contributed by atoms with Crippen LogP contribution in [0.5, 0.6) is 0 Å². The second-order valence-electron chi connectivity index (χ2n) is 7.07. The highest BCUT2D eigenvalue weighted by Crippen LogP contribution is 2.28. The number of carbonyl (C=O) groups is 1. The SMILES string of the molecule is CCc1c(-c2c(C)cccc2C)nc(NS(=O)(=O)c2cccc(C(=O)NC)c2)[nH]c1=O. The van der Waals surface area contributed by atoms with E-state index in [0.717, 1.165) is 16.7 Å². The summed E-state index contributed by atoms with van der Waals surface area (Å²) in [5.41, 5.74) is 3.37. The highest BCUT2D eigenvalue weighted by molar-refractivity contribution is 7.92. The van der Waals surface area contributed by atoms with Crippen LogP contribution in [0.1, 0.15) is 34.0 Å². The van der Waals surface area contributed by atoms with Gasteiger partial charge in [0.05, 0.1) is 10.6 Å². The number of sulfonamides is 1. The van der Waals surface area contributed by atoms with Gasteiger partial charge in [0.1, 0.15) is 0 Å². The molecule has 8 nitrogen and oxygen atoms in total. The normalized spacial score (nSPS) is 11.2. The van der Waals surface area contributed by atoms with E-state index >= 15 is 0 Å². The molecule has 9 heteroatoms. The Hall–Kier alpha value is -3.46. The number of hydrogen-bond acceptors (Lipinski definition) is 5. The molecule has 0 saturated carbocycles. The van der Waals surface area contributed by atoms with Gasteiger partial charge in [0, 0.05) is 23.7 Å². The molecule has 1 amide bonds. The van der Waals surface area contributed by atoms with Crippen LogP contribution in [0.2, 0.25) is 0 Å². The summed E-state index contributed by atoms with van der Waals surface area (Å²) in [5, 5.41) is 2.45. The Morgan fingerprint density at radius 3 is 2.35 bits per heavy atom. The van der Waals surface area contributed by atoms with Gasteiger partial charge in [-0.3, -0.25) is 14.6 Å². The molecule has 31 heavy (non-hydrogen) atoms. The molecule has 0 bridgehead atoms. The first-order valence-corrected chi connectivity index (χ1v) is 11.2. The van der Waals surface area contributed by atoms with Crippen molar-refractivity contribution in [2.75, 3.05) is 11.8 Å². The first kappa shape index (κ1) is 22.2. The number of anilines is 1. The highest BCUT2D eigenvalue weighted by Gasteiger charge is 2.20. The first-order valence-electron chi connectivity index (χ1n) is 9.72. The van der Waals surface area contributed by atoms with E-state index in [4.69, 9.17) is 0 Å². The van der Waals surface area contributed by atoms with E-state index in [2.05, 4.69) is 20.0 Å². The van der Waals surface area contributed by atoms with Gasteiger partial charge in [-0.2, -0.15) is 0 Å². The Morgan fingerprint density at radius 2 is 1.74 bits per heavy atom. The van der Waals surface area contributed by atoms with Crippen molar-refractivity contribution >= 4 is 21.9 Å². The zero-order chi connectivity index (χ0) is 22.8. The molecule has 0 unspecified atom stereocenters. The van der Waals surface area contributed by atoms with Crippen molar-refractivity contribution < 1.29 is 13.2 Å². The van der Waals surface area contributed by atoms with Crippen LogP contribution in [0.15, 0.2) is 52.2 Å². The lowest BCUT2D eigenvalue weighted by Gasteiger charge is -2.15. The molecular formula is C22H24N4O4S. The van der Waals surface area contributed by atoms with Gasteiger partial charge in [-0.15, -0.1) is 0 Å². The lowest BCUT2D eigenvalue weighted by atomic mass is 9.96. The molecule has 3 aromatic rings. The largest absolute Gasteiger partial charge is 0.355 e. The van der Waals surface area contributed by atoms with Gasteiger partial charge in [0.2, 0.25) is 5.95 Å². The number of aryl methyl sites for hydroxylation is 2. The number of nitrogens with one attached hydrogen (secondary N) is 3. The number of H-pyrrole nitrogens is 1. The van der Waals surface area contributed by atoms with E-state index in [0.29, 0.717) is 17.7 Å². The summed E-state index contributed by atoms with van der Waals surface area (Å²) in [7, 11) is -2.64. The third-order valence-corrected chi connectivity index (χ3v) is 6.29. The Balaban J connectivity index is 2.10. The van der Waals surface area contributed by atoms with E-state index in [9.17, 15) is 18.0 Å². The van der Waals surface area contributed by atoms with Crippen LogP contribution in [-0.2, 0) is 16.4 Å². The molecule has 0 atom stereocenters. The molecule has 162 valence electrons. The zero-order valence-electron chi connectivity index (χ0n) is 17.7. The average Bonchev–Trinajstić information content (AvgIpc) is 2.72. The van der Waals surface area contributed by atoms with Crippen LogP contribution in [0.4, 0.5) is 5.95 Å². The van der Waals surface area contributed by atoms with E-state index in [-0.39, 0.29) is 16.4 Å². The molecular weight excluding hydrogens is 416 g/mol. The number of amides is 1. The molecule has 0 aliphatic rings. The zero-order valence-corrected chi connectivity index (χ0v) is 18.6. The number of rotatable bonds is 6. The number of benzene rings is 2. The lowest BCUT2D eigenvalue weighted by Crippen LogP contribution is -2.23. The molecule has 0 fully saturated rings. The summed E-state index contributed by atoms with van der Waals surface area (Å²) in [6.07, 6.45) is 0.437. The first-order chi connectivity index (χ1) is 14.7. The molecule has 3 rings (SSSR count). The van der Waals surface area contributed by atoms with Gasteiger partial charge in [-0.1, -0.05) is 31.2 Å². The minimum Gasteiger partial charge on any atom is -0.355 e. The summed E-state index contributed by atoms with van der Waals surface area (Å²) >= 11 is 0. The van der Waals surface area contributed by atoms with Crippen LogP contribution in [0, 0.1) is 13.8 Å². The lowest BCUT2D eigenvalue weighted by molar-refractivity contribution is 0.0963. The van der Waals surface area contributed by atoms with Gasteiger partial charge < -0.3 is 5.32 Å². The maximum absolute atomic E-state index is 12.9. The second-order valence-corrected chi connectivity index (χ2v) is 8.76. The average molecular weight is 441 g/mol. The van der Waals surface area contributed by atoms with Gasteiger partial charge in [-0.25, -0.2) is 18.1 Å². The third-order valence-electron chi connectivity index (χ3n) is 4.95. The van der Waals surface area contributed by atoms with Gasteiger partial charge in [0.25, 0.3) is 21.5 Å². The third kappa shape index (κ3) is 4.51. The fraction of sp³-hybridized carbons (Fsp3) is 0.227. The number of nitrogens with zero attached hydrogens (tertiary/aromatic N) is 1. The van der Waals surface area contributed by atoms with E-state index in [1.54, 1.807) is 0 Å². The number of aromatic nitrogens is 2. The van der Waals surface area contributed by atoms with Crippen LogP contribution >= 0.6 is 0 Å². The smallest absolute Gasteiger partial charge is 0.264 e. The van der Waals surface area contributed by atoms with Crippen molar-refractivity contribution in [1.29, 1.82) is 0 Å². The minimum atomic E-state index is -4.10. The van der Waals surface area contributed by atoms with E-state index in [1.165, 1.54) is 31.3 Å². The summed E-state index contributed by atoms with van der Waals surface area (Å²) in [6.45, 7) is 5.68. The highest BCUT2D eigenvalue weighted by atomic mass is 32.2. The molecule has 0 spiro atoms. The fourth-order valence-corrected chi connectivity index (χ4v) is 4.41. The van der Waals surface area contributed by atoms with Crippen LogP contribution in [-0.4, -0.2) is 31.3 Å². The maximum Gasteiger partial charge on any atom is 0.264 e. The number of hydrogen-bond donors (Lipinski definition) is 3. The summed E-state index contributed by atoms with van der Waals surface area (Å²) in [5.74, 6) is -0.599. The number of carbonyl (C=O) groups excluding carboxylic acids is 1. The predicted octanol–water partition coefficient (Wildman–Crippen LogP) is 2.78. The van der Waals surface area contributed by atoms with Gasteiger partial charge >= 0.3 is 0 Å². The van der Waals surface area contributed by atoms with Crippen molar-refractivity contribution in [1.82, 2.24) is 15.3 Å². The van der Waals surface area contributed by atoms with Crippen LogP contribution in [0.3, 0.4) is 0 Å². The van der Waals surface area contributed by atoms with Crippen molar-refractivity contribution in [3.05, 3.63) is 75.1 Å². The molecule has 0 saturated heterocycles. The molecule has 1 heterocycles. The van der Waals surface area contributed by atoms with Crippen molar-refractivity contribution in [2.24, 2.45) is 0 Å². The molecule has 2 aromatic carbocycles. The predicted molar refractivity (Wildman–Crippen MR) is 120 cm³/mol. The fourth-order valence-electron chi connectivity index (χ4n) is 3.40. The molecule has 3 N–H and O–H groups in total. The molecule has 0 aliphatic carbocycles. The monoisotopic (exact) mass is 440 g/mol. The summed E-state index contributed by atoms with van der Waals surface area (Å²) in [4.78, 5) is 31.4. The summed E-state index contributed by atoms with van der Waals surface area (Å²) in [6, 6.07) is 11.3. The Kier molecular flexibility index (Phi) is 6.26. The maximum atomic E-state index is 12.9. The van der Waals surface area contributed by atoms with Crippen molar-refractivity contribution in [3.63, 3.8) is 0 Å². The van der Waals surface area contributed by atoms with Crippen molar-refractivity contribution in [2.45, 2.75) is 32.1 Å². The number of aromatic amines is 1. The van der Waals surface area contributed by atoms with Gasteiger partial charge in [0.15, 0.2) is 0 Å². The Morgan fingerprint density at radius 1 is 1.10 bits per heavy atom. The molecule has 0 aliphatic heterocycles. The second kappa shape index (κ2) is 8.73. The van der Waals surface area contributed by atoms with E-state index in [1.807, 2.05) is 39.0 Å². The Bertz CT molecular complexity index is 1290. The molecule has 0 radical (unpaired) electrons. The van der Waals surface area contributed by atoms with Crippen LogP contribution in [0.25, 0.3) is 11.3 Å².